The molecule has 6 heteroatoms. The summed E-state index contributed by atoms with van der Waals surface area (Å²) in [6.07, 6.45) is 1.31. The second kappa shape index (κ2) is 8.84. The normalized spacial score (nSPS) is 13.8. The molecule has 0 saturated carbocycles. The van der Waals surface area contributed by atoms with Crippen LogP contribution in [0.4, 0.5) is 0 Å². The van der Waals surface area contributed by atoms with Crippen molar-refractivity contribution in [3.8, 4) is 0 Å². The third-order valence-electron chi connectivity index (χ3n) is 3.58. The molecule has 0 bridgehead atoms. The number of carbonyl (C=O) groups excluding carboxylic acids is 2. The van der Waals surface area contributed by atoms with Crippen LogP contribution in [0.1, 0.15) is 53.4 Å². The first-order chi connectivity index (χ1) is 10.5. The van der Waals surface area contributed by atoms with E-state index >= 15 is 0 Å². The van der Waals surface area contributed by atoms with Crippen LogP contribution in [0.25, 0.3) is 0 Å². The lowest BCUT2D eigenvalue weighted by Gasteiger charge is -2.42. The Bertz CT molecular complexity index is 466. The van der Waals surface area contributed by atoms with Crippen molar-refractivity contribution in [1.29, 1.82) is 0 Å². The average molecular weight is 328 g/mol. The van der Waals surface area contributed by atoms with Crippen LogP contribution in [-0.4, -0.2) is 40.1 Å². The molecule has 2 N–H and O–H groups in total. The smallest absolute Gasteiger partial charge is 0.333 e. The lowest BCUT2D eigenvalue weighted by molar-refractivity contribution is -0.294. The number of esters is 2. The largest absolute Gasteiger partial charge is 0.458 e. The van der Waals surface area contributed by atoms with Gasteiger partial charge in [-0.15, -0.1) is 0 Å². The molecule has 0 rings (SSSR count). The van der Waals surface area contributed by atoms with Gasteiger partial charge in [0.1, 0.15) is 6.61 Å². The maximum atomic E-state index is 12.0. The van der Waals surface area contributed by atoms with Crippen LogP contribution in [-0.2, 0) is 19.1 Å². The zero-order valence-corrected chi connectivity index (χ0v) is 14.5. The molecule has 0 radical (unpaired) electrons. The van der Waals surface area contributed by atoms with Gasteiger partial charge in [-0.05, 0) is 26.7 Å². The number of ether oxygens (including phenoxy) is 2. The van der Waals surface area contributed by atoms with Gasteiger partial charge in [0.05, 0.1) is 0 Å². The van der Waals surface area contributed by atoms with Crippen LogP contribution in [0, 0.1) is 0 Å². The van der Waals surface area contributed by atoms with Gasteiger partial charge in [-0.1, -0.05) is 33.4 Å². The molecule has 0 spiro atoms. The molecule has 0 aromatic carbocycles. The van der Waals surface area contributed by atoms with E-state index in [4.69, 9.17) is 9.47 Å². The third-order valence-corrected chi connectivity index (χ3v) is 3.58. The molecule has 0 fully saturated rings. The monoisotopic (exact) mass is 328 g/mol. The molecule has 1 unspecified atom stereocenters. The number of hydrogen-bond donors (Lipinski definition) is 2. The first-order valence-corrected chi connectivity index (χ1v) is 7.69. The van der Waals surface area contributed by atoms with Crippen LogP contribution < -0.4 is 0 Å². The van der Waals surface area contributed by atoms with Crippen LogP contribution in [0.15, 0.2) is 24.3 Å². The van der Waals surface area contributed by atoms with E-state index in [0.29, 0.717) is 6.42 Å². The summed E-state index contributed by atoms with van der Waals surface area (Å²) in [5.41, 5.74) is -1.48. The topological polar surface area (TPSA) is 93.1 Å². The second-order valence-electron chi connectivity index (χ2n) is 5.79. The van der Waals surface area contributed by atoms with Crippen molar-refractivity contribution in [3.63, 3.8) is 0 Å². The molecule has 0 heterocycles. The standard InChI is InChI=1S/C17H28O6/c1-7-9-10-16(17(20,21)8-2,23-15(19)13(5)6)11-22-14(18)12(3)4/h20-21H,3,5,7-11H2,1-2,4,6H3. The van der Waals surface area contributed by atoms with Crippen molar-refractivity contribution < 1.29 is 29.3 Å². The molecular formula is C17H28O6. The molecule has 0 amide bonds. The fourth-order valence-electron chi connectivity index (χ4n) is 1.90. The van der Waals surface area contributed by atoms with Gasteiger partial charge < -0.3 is 19.7 Å². The second-order valence-corrected chi connectivity index (χ2v) is 5.79. The van der Waals surface area contributed by atoms with Crippen molar-refractivity contribution in [2.24, 2.45) is 0 Å². The van der Waals surface area contributed by atoms with Gasteiger partial charge in [-0.3, -0.25) is 0 Å². The first kappa shape index (κ1) is 21.3. The highest BCUT2D eigenvalue weighted by Crippen LogP contribution is 2.34. The maximum absolute atomic E-state index is 12.0. The molecule has 0 aliphatic carbocycles. The number of rotatable bonds is 10. The summed E-state index contributed by atoms with van der Waals surface area (Å²) in [6.45, 7) is 12.9. The van der Waals surface area contributed by atoms with Crippen molar-refractivity contribution in [2.45, 2.75) is 64.8 Å². The Balaban J connectivity index is 5.63. The van der Waals surface area contributed by atoms with E-state index in [1.807, 2.05) is 6.92 Å². The van der Waals surface area contributed by atoms with Crippen molar-refractivity contribution in [1.82, 2.24) is 0 Å². The minimum absolute atomic E-state index is 0.106. The summed E-state index contributed by atoms with van der Waals surface area (Å²) in [5, 5.41) is 20.8. The summed E-state index contributed by atoms with van der Waals surface area (Å²) >= 11 is 0. The third kappa shape index (κ3) is 5.80. The zero-order valence-electron chi connectivity index (χ0n) is 14.5. The number of hydrogen-bond acceptors (Lipinski definition) is 6. The molecule has 1 atom stereocenters. The Labute approximate surface area is 137 Å². The van der Waals surface area contributed by atoms with Gasteiger partial charge in [-0.2, -0.15) is 0 Å². The van der Waals surface area contributed by atoms with Gasteiger partial charge in [-0.25, -0.2) is 9.59 Å². The van der Waals surface area contributed by atoms with Crippen LogP contribution in [0.2, 0.25) is 0 Å². The van der Waals surface area contributed by atoms with E-state index in [1.54, 1.807) is 0 Å². The highest BCUT2D eigenvalue weighted by Gasteiger charge is 2.52. The van der Waals surface area contributed by atoms with E-state index in [-0.39, 0.29) is 24.0 Å². The molecule has 6 nitrogen and oxygen atoms in total. The summed E-state index contributed by atoms with van der Waals surface area (Å²) in [6, 6.07) is 0. The lowest BCUT2D eigenvalue weighted by atomic mass is 9.86. The van der Waals surface area contributed by atoms with E-state index in [1.165, 1.54) is 20.8 Å². The van der Waals surface area contributed by atoms with Gasteiger partial charge in [0.25, 0.3) is 0 Å². The molecule has 0 aliphatic rings. The van der Waals surface area contributed by atoms with Crippen molar-refractivity contribution >= 4 is 11.9 Å². The average Bonchev–Trinajstić information content (AvgIpc) is 2.48. The van der Waals surface area contributed by atoms with E-state index in [0.717, 1.165) is 6.42 Å². The Morgan fingerprint density at radius 1 is 1.04 bits per heavy atom. The summed E-state index contributed by atoms with van der Waals surface area (Å²) in [5.74, 6) is -3.81. The lowest BCUT2D eigenvalue weighted by Crippen LogP contribution is -2.60. The zero-order chi connectivity index (χ0) is 18.3. The summed E-state index contributed by atoms with van der Waals surface area (Å²) < 4.78 is 10.4. The van der Waals surface area contributed by atoms with Crippen LogP contribution in [0.5, 0.6) is 0 Å². The van der Waals surface area contributed by atoms with E-state index < -0.39 is 29.9 Å². The van der Waals surface area contributed by atoms with Gasteiger partial charge in [0, 0.05) is 17.6 Å². The van der Waals surface area contributed by atoms with Crippen molar-refractivity contribution in [3.05, 3.63) is 24.3 Å². The SMILES string of the molecule is C=C(C)C(=O)OCC(CCCC)(OC(=O)C(=C)C)C(O)(O)CC. The predicted molar refractivity (Wildman–Crippen MR) is 86.4 cm³/mol. The predicted octanol–water partition coefficient (Wildman–Crippen LogP) is 2.24. The fourth-order valence-corrected chi connectivity index (χ4v) is 1.90. The minimum atomic E-state index is -2.34. The van der Waals surface area contributed by atoms with Gasteiger partial charge >= 0.3 is 11.9 Å². The highest BCUT2D eigenvalue weighted by molar-refractivity contribution is 5.88. The van der Waals surface area contributed by atoms with Crippen LogP contribution >= 0.6 is 0 Å². The Morgan fingerprint density at radius 3 is 1.96 bits per heavy atom. The molecule has 0 aromatic rings. The van der Waals surface area contributed by atoms with Gasteiger partial charge in [0.15, 0.2) is 5.60 Å². The molecule has 0 saturated heterocycles. The Kier molecular flexibility index (Phi) is 8.20. The molecular weight excluding hydrogens is 300 g/mol. The minimum Gasteiger partial charge on any atom is -0.458 e. The highest BCUT2D eigenvalue weighted by atomic mass is 16.6. The van der Waals surface area contributed by atoms with Crippen molar-refractivity contribution in [2.75, 3.05) is 6.61 Å². The maximum Gasteiger partial charge on any atom is 0.333 e. The molecule has 0 aromatic heterocycles. The Morgan fingerprint density at radius 2 is 1.57 bits per heavy atom. The quantitative estimate of drug-likeness (QED) is 0.363. The van der Waals surface area contributed by atoms with Gasteiger partial charge in [0.2, 0.25) is 5.79 Å². The first-order valence-electron chi connectivity index (χ1n) is 7.69. The summed E-state index contributed by atoms with van der Waals surface area (Å²) in [7, 11) is 0. The molecule has 132 valence electrons. The summed E-state index contributed by atoms with van der Waals surface area (Å²) in [4.78, 5) is 23.6. The number of unbranched alkanes of at least 4 members (excludes halogenated alkanes) is 1. The Hall–Kier alpha value is -1.66. The van der Waals surface area contributed by atoms with E-state index in [9.17, 15) is 19.8 Å². The molecule has 23 heavy (non-hydrogen) atoms. The number of carbonyl (C=O) groups is 2. The van der Waals surface area contributed by atoms with Crippen LogP contribution in [0.3, 0.4) is 0 Å². The fraction of sp³-hybridized carbons (Fsp3) is 0.647. The molecule has 0 aliphatic heterocycles. The van der Waals surface area contributed by atoms with E-state index in [2.05, 4.69) is 13.2 Å². The number of aliphatic hydroxyl groups is 2.